The molecule has 1 aromatic rings. The fraction of sp³-hybridized carbons (Fsp3) is 0.600. The molecule has 0 bridgehead atoms. The van der Waals surface area contributed by atoms with Crippen LogP contribution < -0.4 is 0 Å². The quantitative estimate of drug-likeness (QED) is 0.852. The molecule has 1 aliphatic carbocycles. The maximum absolute atomic E-state index is 10.4. The molecule has 1 aromatic carbocycles. The van der Waals surface area contributed by atoms with E-state index in [1.807, 2.05) is 18.2 Å². The molecule has 17 heavy (non-hydrogen) atoms. The van der Waals surface area contributed by atoms with Crippen LogP contribution in [0.25, 0.3) is 0 Å². The Morgan fingerprint density at radius 1 is 1.29 bits per heavy atom. The first kappa shape index (κ1) is 13.1. The maximum Gasteiger partial charge on any atom is 0.0795 e. The Hall–Kier alpha value is -0.340. The highest BCUT2D eigenvalue weighted by Crippen LogP contribution is 2.34. The first-order valence-electron chi connectivity index (χ1n) is 6.61. The fourth-order valence-corrected chi connectivity index (χ4v) is 3.23. The van der Waals surface area contributed by atoms with Crippen molar-refractivity contribution in [2.75, 3.05) is 0 Å². The van der Waals surface area contributed by atoms with Gasteiger partial charge in [0, 0.05) is 4.47 Å². The van der Waals surface area contributed by atoms with E-state index in [9.17, 15) is 5.11 Å². The number of aliphatic hydroxyl groups excluding tert-OH is 1. The molecule has 0 aromatic heterocycles. The van der Waals surface area contributed by atoms with E-state index in [2.05, 4.69) is 22.9 Å². The highest BCUT2D eigenvalue weighted by atomic mass is 79.9. The summed E-state index contributed by atoms with van der Waals surface area (Å²) in [6.07, 6.45) is 7.29. The summed E-state index contributed by atoms with van der Waals surface area (Å²) in [5.74, 6) is 0.720. The molecule has 0 saturated heterocycles. The molecule has 0 aliphatic heterocycles. The average Bonchev–Trinajstić information content (AvgIpc) is 2.34. The Morgan fingerprint density at radius 2 is 2.00 bits per heavy atom. The Balaban J connectivity index is 2.03. The van der Waals surface area contributed by atoms with Crippen LogP contribution in [0.3, 0.4) is 0 Å². The minimum Gasteiger partial charge on any atom is -0.388 e. The third-order valence-corrected chi connectivity index (χ3v) is 4.81. The smallest absolute Gasteiger partial charge is 0.0795 e. The van der Waals surface area contributed by atoms with Crippen molar-refractivity contribution in [2.45, 2.75) is 51.6 Å². The van der Waals surface area contributed by atoms with Crippen LogP contribution in [-0.4, -0.2) is 5.11 Å². The van der Waals surface area contributed by atoms with Crippen molar-refractivity contribution >= 4 is 15.9 Å². The van der Waals surface area contributed by atoms with Gasteiger partial charge in [0.05, 0.1) is 6.10 Å². The molecular formula is C15H21BrO. The monoisotopic (exact) mass is 296 g/mol. The largest absolute Gasteiger partial charge is 0.388 e. The van der Waals surface area contributed by atoms with Gasteiger partial charge in [-0.2, -0.15) is 0 Å². The van der Waals surface area contributed by atoms with Crippen molar-refractivity contribution in [2.24, 2.45) is 5.92 Å². The second kappa shape index (κ2) is 6.01. The molecule has 1 atom stereocenters. The molecule has 1 fully saturated rings. The molecule has 1 N–H and O–H groups in total. The first-order valence-corrected chi connectivity index (χ1v) is 7.41. The van der Waals surface area contributed by atoms with Crippen LogP contribution in [0.4, 0.5) is 0 Å². The molecular weight excluding hydrogens is 276 g/mol. The Labute approximate surface area is 112 Å². The Morgan fingerprint density at radius 3 is 2.71 bits per heavy atom. The topological polar surface area (TPSA) is 20.2 Å². The summed E-state index contributed by atoms with van der Waals surface area (Å²) in [6.45, 7) is 2.07. The minimum atomic E-state index is -0.296. The van der Waals surface area contributed by atoms with Gasteiger partial charge in [-0.25, -0.2) is 0 Å². The molecule has 1 saturated carbocycles. The van der Waals surface area contributed by atoms with Crippen LogP contribution in [0, 0.1) is 12.8 Å². The van der Waals surface area contributed by atoms with Crippen LogP contribution in [0.2, 0.25) is 0 Å². The number of hydrogen-bond acceptors (Lipinski definition) is 1. The van der Waals surface area contributed by atoms with Crippen molar-refractivity contribution in [3.8, 4) is 0 Å². The normalized spacial score (nSPS) is 19.2. The fourth-order valence-electron chi connectivity index (χ4n) is 2.85. The summed E-state index contributed by atoms with van der Waals surface area (Å²) in [6, 6.07) is 6.09. The van der Waals surface area contributed by atoms with Crippen molar-refractivity contribution < 1.29 is 5.11 Å². The summed E-state index contributed by atoms with van der Waals surface area (Å²) in [5, 5.41) is 10.4. The lowest BCUT2D eigenvalue weighted by Gasteiger charge is -2.25. The van der Waals surface area contributed by atoms with E-state index in [1.54, 1.807) is 0 Å². The molecule has 2 heteroatoms. The summed E-state index contributed by atoms with van der Waals surface area (Å²) < 4.78 is 1.10. The molecule has 0 amide bonds. The lowest BCUT2D eigenvalue weighted by molar-refractivity contribution is 0.131. The predicted molar refractivity (Wildman–Crippen MR) is 75.0 cm³/mol. The molecule has 1 unspecified atom stereocenters. The van der Waals surface area contributed by atoms with Gasteiger partial charge < -0.3 is 5.11 Å². The predicted octanol–water partition coefficient (Wildman–Crippen LogP) is 4.76. The van der Waals surface area contributed by atoms with E-state index in [0.29, 0.717) is 0 Å². The SMILES string of the molecule is Cc1c(Br)cccc1C(O)CC1CCCCC1. The molecule has 0 spiro atoms. The van der Waals surface area contributed by atoms with E-state index in [1.165, 1.54) is 37.7 Å². The van der Waals surface area contributed by atoms with Gasteiger partial charge in [-0.1, -0.05) is 60.2 Å². The molecule has 1 aliphatic rings. The van der Waals surface area contributed by atoms with Gasteiger partial charge >= 0.3 is 0 Å². The summed E-state index contributed by atoms with van der Waals surface area (Å²) >= 11 is 3.53. The molecule has 2 rings (SSSR count). The second-order valence-electron chi connectivity index (χ2n) is 5.21. The van der Waals surface area contributed by atoms with E-state index in [0.717, 1.165) is 22.4 Å². The van der Waals surface area contributed by atoms with Gasteiger partial charge in [-0.3, -0.25) is 0 Å². The number of aliphatic hydroxyl groups is 1. The zero-order valence-corrected chi connectivity index (χ0v) is 12.0. The summed E-state index contributed by atoms with van der Waals surface area (Å²) in [4.78, 5) is 0. The van der Waals surface area contributed by atoms with Gasteiger partial charge in [-0.15, -0.1) is 0 Å². The summed E-state index contributed by atoms with van der Waals surface area (Å²) in [5.41, 5.74) is 2.26. The van der Waals surface area contributed by atoms with Gasteiger partial charge in [0.1, 0.15) is 0 Å². The minimum absolute atomic E-state index is 0.296. The van der Waals surface area contributed by atoms with Gasteiger partial charge in [0.2, 0.25) is 0 Å². The van der Waals surface area contributed by atoms with Crippen molar-refractivity contribution in [3.63, 3.8) is 0 Å². The lowest BCUT2D eigenvalue weighted by Crippen LogP contribution is -2.11. The van der Waals surface area contributed by atoms with Crippen LogP contribution in [-0.2, 0) is 0 Å². The third-order valence-electron chi connectivity index (χ3n) is 3.95. The summed E-state index contributed by atoms with van der Waals surface area (Å²) in [7, 11) is 0. The van der Waals surface area contributed by atoms with E-state index >= 15 is 0 Å². The number of hydrogen-bond donors (Lipinski definition) is 1. The molecule has 0 radical (unpaired) electrons. The first-order chi connectivity index (χ1) is 8.18. The highest BCUT2D eigenvalue weighted by molar-refractivity contribution is 9.10. The Bertz CT molecular complexity index is 369. The van der Waals surface area contributed by atoms with E-state index < -0.39 is 0 Å². The van der Waals surface area contributed by atoms with Gasteiger partial charge in [-0.05, 0) is 36.5 Å². The lowest BCUT2D eigenvalue weighted by atomic mass is 9.83. The van der Waals surface area contributed by atoms with Crippen molar-refractivity contribution in [3.05, 3.63) is 33.8 Å². The van der Waals surface area contributed by atoms with Crippen molar-refractivity contribution in [1.29, 1.82) is 0 Å². The number of halogens is 1. The molecule has 94 valence electrons. The Kier molecular flexibility index (Phi) is 4.63. The average molecular weight is 297 g/mol. The van der Waals surface area contributed by atoms with E-state index in [4.69, 9.17) is 0 Å². The van der Waals surface area contributed by atoms with Crippen LogP contribution in [0.15, 0.2) is 22.7 Å². The van der Waals surface area contributed by atoms with Gasteiger partial charge in [0.15, 0.2) is 0 Å². The van der Waals surface area contributed by atoms with Crippen molar-refractivity contribution in [1.82, 2.24) is 0 Å². The third kappa shape index (κ3) is 3.32. The van der Waals surface area contributed by atoms with Crippen LogP contribution in [0.5, 0.6) is 0 Å². The number of rotatable bonds is 3. The van der Waals surface area contributed by atoms with E-state index in [-0.39, 0.29) is 6.10 Å². The van der Waals surface area contributed by atoms with Gasteiger partial charge in [0.25, 0.3) is 0 Å². The zero-order valence-electron chi connectivity index (χ0n) is 10.5. The van der Waals surface area contributed by atoms with Crippen LogP contribution in [0.1, 0.15) is 55.8 Å². The number of benzene rings is 1. The second-order valence-corrected chi connectivity index (χ2v) is 6.06. The van der Waals surface area contributed by atoms with Crippen LogP contribution >= 0.6 is 15.9 Å². The highest BCUT2D eigenvalue weighted by Gasteiger charge is 2.19. The maximum atomic E-state index is 10.4. The molecule has 1 nitrogen and oxygen atoms in total. The molecule has 0 heterocycles. The standard InChI is InChI=1S/C15H21BrO/c1-11-13(8-5-9-14(11)16)15(17)10-12-6-3-2-4-7-12/h5,8-9,12,15,17H,2-4,6-7,10H2,1H3. The zero-order chi connectivity index (χ0) is 12.3.